The molecule has 2 aliphatic heterocycles. The van der Waals surface area contributed by atoms with E-state index in [0.29, 0.717) is 36.9 Å². The van der Waals surface area contributed by atoms with Gasteiger partial charge in [-0.2, -0.15) is 0 Å². The van der Waals surface area contributed by atoms with Gasteiger partial charge in [0.2, 0.25) is 11.8 Å². The number of nitrogens with zero attached hydrogens (tertiary/aromatic N) is 1. The van der Waals surface area contributed by atoms with Crippen molar-refractivity contribution < 1.29 is 19.1 Å². The summed E-state index contributed by atoms with van der Waals surface area (Å²) in [4.78, 5) is 26.3. The molecular formula is C20H20N2O4S. The van der Waals surface area contributed by atoms with Gasteiger partial charge in [0, 0.05) is 29.4 Å². The number of nitrogens with one attached hydrogen (secondary N) is 1. The van der Waals surface area contributed by atoms with E-state index in [1.807, 2.05) is 49.4 Å². The normalized spacial score (nSPS) is 18.5. The summed E-state index contributed by atoms with van der Waals surface area (Å²) in [5, 5.41) is 2.72. The van der Waals surface area contributed by atoms with Gasteiger partial charge in [-0.3, -0.25) is 14.5 Å². The van der Waals surface area contributed by atoms with Crippen molar-refractivity contribution in [1.82, 2.24) is 0 Å². The second-order valence-corrected chi connectivity index (χ2v) is 7.31. The van der Waals surface area contributed by atoms with Crippen LogP contribution >= 0.6 is 11.8 Å². The fourth-order valence-corrected chi connectivity index (χ4v) is 4.39. The molecule has 2 aromatic rings. The number of thioether (sulfide) groups is 1. The van der Waals surface area contributed by atoms with Crippen molar-refractivity contribution >= 4 is 35.0 Å². The zero-order valence-corrected chi connectivity index (χ0v) is 15.8. The molecule has 1 saturated heterocycles. The summed E-state index contributed by atoms with van der Waals surface area (Å²) in [6.07, 6.45) is 0.400. The monoisotopic (exact) mass is 384 g/mol. The van der Waals surface area contributed by atoms with Gasteiger partial charge in [0.1, 0.15) is 18.6 Å². The number of carbonyl (C=O) groups excluding carboxylic acids is 2. The quantitative estimate of drug-likeness (QED) is 0.873. The highest BCUT2D eigenvalue weighted by molar-refractivity contribution is 8.00. The summed E-state index contributed by atoms with van der Waals surface area (Å²) >= 11 is 1.55. The van der Waals surface area contributed by atoms with Gasteiger partial charge in [0.25, 0.3) is 0 Å². The minimum absolute atomic E-state index is 0.0262. The lowest BCUT2D eigenvalue weighted by Gasteiger charge is -2.27. The molecule has 4 rings (SSSR count). The van der Waals surface area contributed by atoms with Crippen molar-refractivity contribution in [2.24, 2.45) is 0 Å². The smallest absolute Gasteiger partial charge is 0.238 e. The van der Waals surface area contributed by atoms with Crippen molar-refractivity contribution in [3.05, 3.63) is 48.0 Å². The molecular weight excluding hydrogens is 364 g/mol. The van der Waals surface area contributed by atoms with E-state index >= 15 is 0 Å². The molecule has 0 aromatic heterocycles. The molecule has 0 bridgehead atoms. The van der Waals surface area contributed by atoms with E-state index < -0.39 is 0 Å². The van der Waals surface area contributed by atoms with Crippen LogP contribution in [0, 0.1) is 0 Å². The minimum Gasteiger partial charge on any atom is -0.486 e. The van der Waals surface area contributed by atoms with E-state index in [-0.39, 0.29) is 17.2 Å². The van der Waals surface area contributed by atoms with Crippen LogP contribution in [0.3, 0.4) is 0 Å². The molecule has 2 aromatic carbocycles. The number of fused-ring (bicyclic) bond motifs is 1. The maximum Gasteiger partial charge on any atom is 0.238 e. The van der Waals surface area contributed by atoms with E-state index in [1.165, 1.54) is 0 Å². The molecule has 0 spiro atoms. The van der Waals surface area contributed by atoms with Gasteiger partial charge in [0.05, 0.1) is 5.75 Å². The Balaban J connectivity index is 1.70. The van der Waals surface area contributed by atoms with Crippen LogP contribution in [-0.4, -0.2) is 30.8 Å². The van der Waals surface area contributed by atoms with Crippen molar-refractivity contribution in [1.29, 1.82) is 0 Å². The summed E-state index contributed by atoms with van der Waals surface area (Å²) in [7, 11) is 0. The van der Waals surface area contributed by atoms with Gasteiger partial charge in [0.15, 0.2) is 11.5 Å². The average molecular weight is 384 g/mol. The number of hydrogen-bond donors (Lipinski definition) is 1. The number of benzene rings is 2. The third kappa shape index (κ3) is 3.47. The molecule has 2 aliphatic rings. The van der Waals surface area contributed by atoms with E-state index in [1.54, 1.807) is 16.7 Å². The highest BCUT2D eigenvalue weighted by Crippen LogP contribution is 2.46. The van der Waals surface area contributed by atoms with Gasteiger partial charge >= 0.3 is 0 Å². The Hall–Kier alpha value is -2.67. The SMILES string of the molecule is CCC(=O)Nc1ccccc1C1SCC(=O)N1c1ccc2c(c1)OCCO2. The number of carbonyl (C=O) groups is 2. The molecule has 2 heterocycles. The fraction of sp³-hybridized carbons (Fsp3) is 0.300. The number of rotatable bonds is 4. The predicted molar refractivity (Wildman–Crippen MR) is 105 cm³/mol. The third-order valence-electron chi connectivity index (χ3n) is 4.49. The first-order valence-electron chi connectivity index (χ1n) is 8.89. The van der Waals surface area contributed by atoms with Crippen LogP contribution in [0.5, 0.6) is 11.5 Å². The average Bonchev–Trinajstić information content (AvgIpc) is 3.09. The zero-order chi connectivity index (χ0) is 18.8. The Labute approximate surface area is 161 Å². The largest absolute Gasteiger partial charge is 0.486 e. The highest BCUT2D eigenvalue weighted by Gasteiger charge is 2.36. The highest BCUT2D eigenvalue weighted by atomic mass is 32.2. The molecule has 1 atom stereocenters. The lowest BCUT2D eigenvalue weighted by Crippen LogP contribution is -2.28. The first-order chi connectivity index (χ1) is 13.2. The van der Waals surface area contributed by atoms with Crippen molar-refractivity contribution in [3.63, 3.8) is 0 Å². The zero-order valence-electron chi connectivity index (χ0n) is 14.9. The van der Waals surface area contributed by atoms with Crippen molar-refractivity contribution in [2.75, 3.05) is 29.2 Å². The summed E-state index contributed by atoms with van der Waals surface area (Å²) in [5.41, 5.74) is 2.40. The predicted octanol–water partition coefficient (Wildman–Crippen LogP) is 3.58. The summed E-state index contributed by atoms with van der Waals surface area (Å²) in [5.74, 6) is 1.70. The van der Waals surface area contributed by atoms with Crippen molar-refractivity contribution in [2.45, 2.75) is 18.7 Å². The molecule has 27 heavy (non-hydrogen) atoms. The molecule has 0 aliphatic carbocycles. The molecule has 2 amide bonds. The summed E-state index contributed by atoms with van der Waals surface area (Å²) in [6, 6.07) is 13.2. The second kappa shape index (κ2) is 7.52. The lowest BCUT2D eigenvalue weighted by molar-refractivity contribution is -0.116. The Morgan fingerprint density at radius 2 is 1.96 bits per heavy atom. The van der Waals surface area contributed by atoms with Gasteiger partial charge in [-0.05, 0) is 18.2 Å². The molecule has 1 unspecified atom stereocenters. The van der Waals surface area contributed by atoms with E-state index in [9.17, 15) is 9.59 Å². The lowest BCUT2D eigenvalue weighted by atomic mass is 10.1. The number of amides is 2. The maximum atomic E-state index is 12.7. The maximum absolute atomic E-state index is 12.7. The topological polar surface area (TPSA) is 67.9 Å². The second-order valence-electron chi connectivity index (χ2n) is 6.24. The molecule has 140 valence electrons. The van der Waals surface area contributed by atoms with Crippen LogP contribution in [0.1, 0.15) is 24.3 Å². The minimum atomic E-state index is -0.214. The number of anilines is 2. The molecule has 1 N–H and O–H groups in total. The van der Waals surface area contributed by atoms with Gasteiger partial charge in [-0.25, -0.2) is 0 Å². The van der Waals surface area contributed by atoms with E-state index in [4.69, 9.17) is 9.47 Å². The van der Waals surface area contributed by atoms with Crippen LogP contribution in [0.2, 0.25) is 0 Å². The van der Waals surface area contributed by atoms with Gasteiger partial charge < -0.3 is 14.8 Å². The number of ether oxygens (including phenoxy) is 2. The standard InChI is InChI=1S/C20H20N2O4S/c1-2-18(23)21-15-6-4-3-5-14(15)20-22(19(24)12-27-20)13-7-8-16-17(11-13)26-10-9-25-16/h3-8,11,20H,2,9-10,12H2,1H3,(H,21,23). The summed E-state index contributed by atoms with van der Waals surface area (Å²) < 4.78 is 11.2. The van der Waals surface area contributed by atoms with Gasteiger partial charge in [-0.1, -0.05) is 25.1 Å². The first-order valence-corrected chi connectivity index (χ1v) is 9.94. The molecule has 1 fully saturated rings. The van der Waals surface area contributed by atoms with Crippen LogP contribution in [-0.2, 0) is 9.59 Å². The first kappa shape index (κ1) is 17.7. The molecule has 0 radical (unpaired) electrons. The molecule has 0 saturated carbocycles. The molecule has 7 heteroatoms. The number of para-hydroxylation sites is 1. The van der Waals surface area contributed by atoms with Gasteiger partial charge in [-0.15, -0.1) is 11.8 Å². The van der Waals surface area contributed by atoms with Crippen LogP contribution in [0.25, 0.3) is 0 Å². The van der Waals surface area contributed by atoms with Crippen molar-refractivity contribution in [3.8, 4) is 11.5 Å². The fourth-order valence-electron chi connectivity index (χ4n) is 3.18. The number of hydrogen-bond acceptors (Lipinski definition) is 5. The van der Waals surface area contributed by atoms with Crippen LogP contribution in [0.15, 0.2) is 42.5 Å². The summed E-state index contributed by atoms with van der Waals surface area (Å²) in [6.45, 7) is 2.83. The van der Waals surface area contributed by atoms with E-state index in [2.05, 4.69) is 5.32 Å². The Morgan fingerprint density at radius 1 is 1.19 bits per heavy atom. The Morgan fingerprint density at radius 3 is 2.78 bits per heavy atom. The van der Waals surface area contributed by atoms with E-state index in [0.717, 1.165) is 16.9 Å². The van der Waals surface area contributed by atoms with Crippen LogP contribution < -0.4 is 19.7 Å². The Kier molecular flexibility index (Phi) is 4.94. The third-order valence-corrected chi connectivity index (χ3v) is 5.69. The Bertz CT molecular complexity index is 886. The van der Waals surface area contributed by atoms with Crippen LogP contribution in [0.4, 0.5) is 11.4 Å². The molecule has 6 nitrogen and oxygen atoms in total.